The first-order valence-electron chi connectivity index (χ1n) is 6.09. The summed E-state index contributed by atoms with van der Waals surface area (Å²) < 4.78 is 37.3. The van der Waals surface area contributed by atoms with Crippen molar-refractivity contribution in [1.29, 1.82) is 0 Å². The molecule has 2 rings (SSSR count). The zero-order valence-electron chi connectivity index (χ0n) is 9.93. The maximum Gasteiger partial charge on any atom is 0.419 e. The number of hydrogen-bond donors (Lipinski definition) is 2. The van der Waals surface area contributed by atoms with Crippen LogP contribution in [0.4, 0.5) is 13.2 Å². The minimum absolute atomic E-state index is 0.453. The summed E-state index contributed by atoms with van der Waals surface area (Å²) in [6.45, 7) is 0.496. The van der Waals surface area contributed by atoms with Gasteiger partial charge in [0.2, 0.25) is 0 Å². The lowest BCUT2D eigenvalue weighted by Gasteiger charge is -2.13. The number of halogens is 3. The molecule has 2 N–H and O–H groups in total. The molecule has 2 nitrogen and oxygen atoms in total. The van der Waals surface area contributed by atoms with Gasteiger partial charge in [0, 0.05) is 12.6 Å². The first kappa shape index (κ1) is 13.2. The first-order chi connectivity index (χ1) is 8.47. The van der Waals surface area contributed by atoms with Gasteiger partial charge in [0.05, 0.1) is 5.56 Å². The largest absolute Gasteiger partial charge is 0.507 e. The predicted octanol–water partition coefficient (Wildman–Crippen LogP) is 3.44. The minimum Gasteiger partial charge on any atom is -0.507 e. The van der Waals surface area contributed by atoms with E-state index in [-0.39, 0.29) is 0 Å². The van der Waals surface area contributed by atoms with Crippen LogP contribution in [0.1, 0.15) is 36.8 Å². The molecule has 100 valence electrons. The maximum atomic E-state index is 12.4. The molecular weight excluding hydrogens is 243 g/mol. The lowest BCUT2D eigenvalue weighted by molar-refractivity contribution is -0.138. The lowest BCUT2D eigenvalue weighted by Crippen LogP contribution is -2.25. The zero-order chi connectivity index (χ0) is 13.2. The Labute approximate surface area is 104 Å². The molecule has 0 atom stereocenters. The molecule has 18 heavy (non-hydrogen) atoms. The summed E-state index contributed by atoms with van der Waals surface area (Å²) in [7, 11) is 0. The van der Waals surface area contributed by atoms with Crippen molar-refractivity contribution in [2.45, 2.75) is 44.4 Å². The molecule has 0 unspecified atom stereocenters. The van der Waals surface area contributed by atoms with Crippen molar-refractivity contribution in [1.82, 2.24) is 5.32 Å². The summed E-state index contributed by atoms with van der Waals surface area (Å²) in [5.41, 5.74) is -0.306. The zero-order valence-corrected chi connectivity index (χ0v) is 9.93. The van der Waals surface area contributed by atoms with Crippen molar-refractivity contribution in [3.8, 4) is 5.75 Å². The summed E-state index contributed by atoms with van der Waals surface area (Å²) in [6, 6.07) is 3.98. The number of alkyl halides is 3. The molecule has 1 aliphatic carbocycles. The van der Waals surface area contributed by atoms with E-state index >= 15 is 0 Å². The standard InChI is InChI=1S/C13H16F3NO/c14-13(15,16)11-6-5-9(7-12(11)18)8-17-10-3-1-2-4-10/h5-7,10,17-18H,1-4,8H2. The Hall–Kier alpha value is -1.23. The van der Waals surface area contributed by atoms with Crippen LogP contribution in [-0.4, -0.2) is 11.1 Å². The van der Waals surface area contributed by atoms with Gasteiger partial charge in [-0.3, -0.25) is 0 Å². The van der Waals surface area contributed by atoms with Crippen molar-refractivity contribution in [2.75, 3.05) is 0 Å². The molecule has 5 heteroatoms. The van der Waals surface area contributed by atoms with Gasteiger partial charge in [0.1, 0.15) is 5.75 Å². The van der Waals surface area contributed by atoms with Crippen molar-refractivity contribution < 1.29 is 18.3 Å². The number of benzene rings is 1. The molecule has 1 saturated carbocycles. The normalized spacial score (nSPS) is 17.3. The Morgan fingerprint density at radius 2 is 1.89 bits per heavy atom. The molecule has 0 spiro atoms. The summed E-state index contributed by atoms with van der Waals surface area (Å²) in [6.07, 6.45) is 0.145. The van der Waals surface area contributed by atoms with Crippen LogP contribution in [0.25, 0.3) is 0 Å². The van der Waals surface area contributed by atoms with Gasteiger partial charge in [-0.15, -0.1) is 0 Å². The molecular formula is C13H16F3NO. The highest BCUT2D eigenvalue weighted by Crippen LogP contribution is 2.35. The number of hydrogen-bond acceptors (Lipinski definition) is 2. The van der Waals surface area contributed by atoms with Gasteiger partial charge in [-0.1, -0.05) is 18.9 Å². The Morgan fingerprint density at radius 3 is 2.44 bits per heavy atom. The summed E-state index contributed by atoms with van der Waals surface area (Å²) in [5, 5.41) is 12.7. The number of aromatic hydroxyl groups is 1. The van der Waals surface area contributed by atoms with Gasteiger partial charge >= 0.3 is 6.18 Å². The van der Waals surface area contributed by atoms with E-state index in [1.165, 1.54) is 25.0 Å². The Balaban J connectivity index is 2.00. The van der Waals surface area contributed by atoms with E-state index in [1.807, 2.05) is 0 Å². The lowest BCUT2D eigenvalue weighted by atomic mass is 10.1. The van der Waals surface area contributed by atoms with E-state index in [0.29, 0.717) is 18.2 Å². The van der Waals surface area contributed by atoms with Crippen LogP contribution in [0.2, 0.25) is 0 Å². The SMILES string of the molecule is Oc1cc(CNC2CCCC2)ccc1C(F)(F)F. The molecule has 1 fully saturated rings. The molecule has 0 aromatic heterocycles. The molecule has 1 aromatic rings. The fourth-order valence-corrected chi connectivity index (χ4v) is 2.32. The van der Waals surface area contributed by atoms with E-state index in [4.69, 9.17) is 0 Å². The molecule has 1 aromatic carbocycles. The monoisotopic (exact) mass is 259 g/mol. The summed E-state index contributed by atoms with van der Waals surface area (Å²) in [5.74, 6) is -0.701. The molecule has 0 bridgehead atoms. The third-order valence-corrected chi connectivity index (χ3v) is 3.32. The highest BCUT2D eigenvalue weighted by molar-refractivity contribution is 5.38. The van der Waals surface area contributed by atoms with Crippen molar-refractivity contribution in [3.05, 3.63) is 29.3 Å². The van der Waals surface area contributed by atoms with E-state index < -0.39 is 17.5 Å². The fourth-order valence-electron chi connectivity index (χ4n) is 2.32. The van der Waals surface area contributed by atoms with Crippen LogP contribution in [0.15, 0.2) is 18.2 Å². The number of phenolic OH excluding ortho intramolecular Hbond substituents is 1. The summed E-state index contributed by atoms with van der Waals surface area (Å²) >= 11 is 0. The van der Waals surface area contributed by atoms with E-state index in [9.17, 15) is 18.3 Å². The molecule has 0 aliphatic heterocycles. The first-order valence-corrected chi connectivity index (χ1v) is 6.09. The third kappa shape index (κ3) is 3.16. The second-order valence-corrected chi connectivity index (χ2v) is 4.71. The van der Waals surface area contributed by atoms with E-state index in [0.717, 1.165) is 18.9 Å². The van der Waals surface area contributed by atoms with Crippen LogP contribution in [-0.2, 0) is 12.7 Å². The summed E-state index contributed by atoms with van der Waals surface area (Å²) in [4.78, 5) is 0. The Morgan fingerprint density at radius 1 is 1.22 bits per heavy atom. The smallest absolute Gasteiger partial charge is 0.419 e. The van der Waals surface area contributed by atoms with Gasteiger partial charge in [0.15, 0.2) is 0 Å². The maximum absolute atomic E-state index is 12.4. The van der Waals surface area contributed by atoms with Crippen LogP contribution in [0.5, 0.6) is 5.75 Å². The third-order valence-electron chi connectivity index (χ3n) is 3.32. The van der Waals surface area contributed by atoms with Crippen LogP contribution < -0.4 is 5.32 Å². The highest BCUT2D eigenvalue weighted by atomic mass is 19.4. The molecule has 0 saturated heterocycles. The van der Waals surface area contributed by atoms with Gasteiger partial charge in [0.25, 0.3) is 0 Å². The average Bonchev–Trinajstić information content (AvgIpc) is 2.77. The average molecular weight is 259 g/mol. The topological polar surface area (TPSA) is 32.3 Å². The number of nitrogens with one attached hydrogen (secondary N) is 1. The quantitative estimate of drug-likeness (QED) is 0.871. The van der Waals surface area contributed by atoms with Crippen molar-refractivity contribution >= 4 is 0 Å². The van der Waals surface area contributed by atoms with Crippen LogP contribution in [0, 0.1) is 0 Å². The van der Waals surface area contributed by atoms with Gasteiger partial charge < -0.3 is 10.4 Å². The number of phenols is 1. The van der Waals surface area contributed by atoms with Crippen LogP contribution >= 0.6 is 0 Å². The van der Waals surface area contributed by atoms with E-state index in [1.54, 1.807) is 0 Å². The Bertz CT molecular complexity index is 411. The second-order valence-electron chi connectivity index (χ2n) is 4.71. The highest BCUT2D eigenvalue weighted by Gasteiger charge is 2.33. The van der Waals surface area contributed by atoms with Crippen molar-refractivity contribution in [3.63, 3.8) is 0 Å². The minimum atomic E-state index is -4.50. The predicted molar refractivity (Wildman–Crippen MR) is 62.2 cm³/mol. The van der Waals surface area contributed by atoms with E-state index in [2.05, 4.69) is 5.32 Å². The van der Waals surface area contributed by atoms with Crippen LogP contribution in [0.3, 0.4) is 0 Å². The van der Waals surface area contributed by atoms with Gasteiger partial charge in [-0.05, 0) is 30.5 Å². The fraction of sp³-hybridized carbons (Fsp3) is 0.538. The second kappa shape index (κ2) is 5.18. The van der Waals surface area contributed by atoms with Gasteiger partial charge in [-0.2, -0.15) is 13.2 Å². The molecule has 0 amide bonds. The van der Waals surface area contributed by atoms with Gasteiger partial charge in [-0.25, -0.2) is 0 Å². The molecule has 1 aliphatic rings. The molecule has 0 radical (unpaired) electrons. The number of rotatable bonds is 3. The van der Waals surface area contributed by atoms with Crippen molar-refractivity contribution in [2.24, 2.45) is 0 Å². The molecule has 0 heterocycles. The Kier molecular flexibility index (Phi) is 3.80.